The second kappa shape index (κ2) is 14.5. The van der Waals surface area contributed by atoms with Gasteiger partial charge in [0.2, 0.25) is 0 Å². The third-order valence-corrected chi connectivity index (χ3v) is 4.86. The molecule has 2 heteroatoms. The van der Waals surface area contributed by atoms with Crippen LogP contribution in [0.25, 0.3) is 0 Å². The number of allylic oxidation sites excluding steroid dienone is 1. The van der Waals surface area contributed by atoms with E-state index in [4.69, 9.17) is 4.74 Å². The number of carbonyl (C=O) groups is 1. The molecule has 0 heterocycles. The minimum absolute atomic E-state index is 0.203. The minimum atomic E-state index is -0.203. The molecule has 0 radical (unpaired) electrons. The van der Waals surface area contributed by atoms with Crippen LogP contribution in [0.3, 0.4) is 0 Å². The summed E-state index contributed by atoms with van der Waals surface area (Å²) in [6, 6.07) is 0. The molecule has 0 aromatic carbocycles. The largest absolute Gasteiger partial charge is 0.462 e. The van der Waals surface area contributed by atoms with Crippen LogP contribution < -0.4 is 0 Å². The topological polar surface area (TPSA) is 26.3 Å². The number of esters is 1. The monoisotopic (exact) mass is 338 g/mol. The van der Waals surface area contributed by atoms with E-state index < -0.39 is 0 Å². The Labute approximate surface area is 151 Å². The molecule has 0 saturated carbocycles. The van der Waals surface area contributed by atoms with E-state index in [-0.39, 0.29) is 5.97 Å². The lowest BCUT2D eigenvalue weighted by Gasteiger charge is -2.15. The molecular weight excluding hydrogens is 296 g/mol. The summed E-state index contributed by atoms with van der Waals surface area (Å²) >= 11 is 0. The third-order valence-electron chi connectivity index (χ3n) is 4.86. The zero-order chi connectivity index (χ0) is 18.4. The molecule has 2 atom stereocenters. The SMILES string of the molecule is CC(=O)OC/C=C(\C)CCCC(C)CCCC(C)CCCC(C)C. The van der Waals surface area contributed by atoms with Gasteiger partial charge < -0.3 is 4.74 Å². The highest BCUT2D eigenvalue weighted by molar-refractivity contribution is 5.66. The van der Waals surface area contributed by atoms with Gasteiger partial charge in [0, 0.05) is 6.92 Å². The molecule has 0 aromatic heterocycles. The Morgan fingerprint density at radius 1 is 0.833 bits per heavy atom. The molecule has 2 unspecified atom stereocenters. The van der Waals surface area contributed by atoms with E-state index in [0.29, 0.717) is 6.61 Å². The summed E-state index contributed by atoms with van der Waals surface area (Å²) in [5.41, 5.74) is 1.34. The molecule has 0 amide bonds. The highest BCUT2D eigenvalue weighted by Crippen LogP contribution is 2.21. The van der Waals surface area contributed by atoms with Crippen LogP contribution in [0.1, 0.15) is 99.3 Å². The summed E-state index contributed by atoms with van der Waals surface area (Å²) in [7, 11) is 0. The van der Waals surface area contributed by atoms with E-state index in [1.807, 2.05) is 6.08 Å². The fraction of sp³-hybridized carbons (Fsp3) is 0.864. The van der Waals surface area contributed by atoms with E-state index in [2.05, 4.69) is 34.6 Å². The van der Waals surface area contributed by atoms with Gasteiger partial charge in [-0.3, -0.25) is 4.79 Å². The molecule has 2 nitrogen and oxygen atoms in total. The molecular formula is C22H42O2. The van der Waals surface area contributed by atoms with Gasteiger partial charge in [-0.05, 0) is 43.6 Å². The van der Waals surface area contributed by atoms with E-state index in [9.17, 15) is 4.79 Å². The van der Waals surface area contributed by atoms with E-state index in [1.54, 1.807) is 0 Å². The van der Waals surface area contributed by atoms with Crippen LogP contribution in [0.5, 0.6) is 0 Å². The molecule has 0 aliphatic rings. The standard InChI is InChI=1S/C22H42O2/c1-18(2)10-7-11-19(3)12-8-13-20(4)14-9-15-21(5)16-17-24-22(6)23/h16,18-20H,7-15,17H2,1-6H3/b21-16+. The third kappa shape index (κ3) is 16.1. The van der Waals surface area contributed by atoms with E-state index >= 15 is 0 Å². The van der Waals surface area contributed by atoms with Gasteiger partial charge >= 0.3 is 5.97 Å². The maximum absolute atomic E-state index is 10.7. The van der Waals surface area contributed by atoms with Gasteiger partial charge in [-0.2, -0.15) is 0 Å². The minimum Gasteiger partial charge on any atom is -0.462 e. The zero-order valence-electron chi connectivity index (χ0n) is 17.2. The summed E-state index contributed by atoms with van der Waals surface area (Å²) in [5, 5.41) is 0. The Bertz CT molecular complexity index is 344. The van der Waals surface area contributed by atoms with Gasteiger partial charge in [0.25, 0.3) is 0 Å². The maximum atomic E-state index is 10.7. The Balaban J connectivity index is 3.61. The predicted molar refractivity (Wildman–Crippen MR) is 105 cm³/mol. The van der Waals surface area contributed by atoms with Crippen molar-refractivity contribution >= 4 is 5.97 Å². The van der Waals surface area contributed by atoms with Gasteiger partial charge in [-0.25, -0.2) is 0 Å². The molecule has 0 spiro atoms. The van der Waals surface area contributed by atoms with Crippen molar-refractivity contribution in [3.05, 3.63) is 11.6 Å². The van der Waals surface area contributed by atoms with Crippen molar-refractivity contribution in [1.82, 2.24) is 0 Å². The summed E-state index contributed by atoms with van der Waals surface area (Å²) in [5.74, 6) is 2.37. The Morgan fingerprint density at radius 2 is 1.33 bits per heavy atom. The number of carbonyl (C=O) groups excluding carboxylic acids is 1. The van der Waals surface area contributed by atoms with Crippen LogP contribution in [0.2, 0.25) is 0 Å². The second-order valence-electron chi connectivity index (χ2n) is 8.21. The molecule has 0 aliphatic heterocycles. The fourth-order valence-corrected chi connectivity index (χ4v) is 3.11. The Hall–Kier alpha value is -0.790. The van der Waals surface area contributed by atoms with Crippen LogP contribution in [0, 0.1) is 17.8 Å². The first-order valence-corrected chi connectivity index (χ1v) is 10.1. The van der Waals surface area contributed by atoms with E-state index in [1.165, 1.54) is 63.9 Å². The van der Waals surface area contributed by atoms with Crippen molar-refractivity contribution < 1.29 is 9.53 Å². The lowest BCUT2D eigenvalue weighted by atomic mass is 9.91. The van der Waals surface area contributed by atoms with Crippen molar-refractivity contribution in [2.45, 2.75) is 99.3 Å². The van der Waals surface area contributed by atoms with Crippen molar-refractivity contribution in [1.29, 1.82) is 0 Å². The summed E-state index contributed by atoms with van der Waals surface area (Å²) in [4.78, 5) is 10.7. The number of hydrogen-bond donors (Lipinski definition) is 0. The normalized spacial score (nSPS) is 14.7. The van der Waals surface area contributed by atoms with Crippen LogP contribution in [0.4, 0.5) is 0 Å². The molecule has 0 aliphatic carbocycles. The molecule has 0 aromatic rings. The lowest BCUT2D eigenvalue weighted by molar-refractivity contribution is -0.139. The number of ether oxygens (including phenoxy) is 1. The Morgan fingerprint density at radius 3 is 1.83 bits per heavy atom. The zero-order valence-corrected chi connectivity index (χ0v) is 17.2. The average Bonchev–Trinajstić information content (AvgIpc) is 2.46. The first-order chi connectivity index (χ1) is 11.3. The van der Waals surface area contributed by atoms with Crippen LogP contribution in [-0.4, -0.2) is 12.6 Å². The fourth-order valence-electron chi connectivity index (χ4n) is 3.11. The van der Waals surface area contributed by atoms with Gasteiger partial charge in [0.1, 0.15) is 6.61 Å². The van der Waals surface area contributed by atoms with Crippen molar-refractivity contribution in [3.8, 4) is 0 Å². The van der Waals surface area contributed by atoms with E-state index in [0.717, 1.165) is 24.2 Å². The molecule has 0 rings (SSSR count). The van der Waals surface area contributed by atoms with Crippen LogP contribution in [0.15, 0.2) is 11.6 Å². The van der Waals surface area contributed by atoms with Crippen LogP contribution >= 0.6 is 0 Å². The second-order valence-corrected chi connectivity index (χ2v) is 8.21. The smallest absolute Gasteiger partial charge is 0.302 e. The van der Waals surface area contributed by atoms with Crippen LogP contribution in [-0.2, 0) is 9.53 Å². The molecule has 24 heavy (non-hydrogen) atoms. The highest BCUT2D eigenvalue weighted by Gasteiger charge is 2.06. The first-order valence-electron chi connectivity index (χ1n) is 10.1. The number of rotatable bonds is 14. The summed E-state index contributed by atoms with van der Waals surface area (Å²) < 4.78 is 4.94. The predicted octanol–water partition coefficient (Wildman–Crippen LogP) is 6.93. The molecule has 142 valence electrons. The van der Waals surface area contributed by atoms with Crippen molar-refractivity contribution in [2.24, 2.45) is 17.8 Å². The summed E-state index contributed by atoms with van der Waals surface area (Å²) in [6.07, 6.45) is 14.0. The first kappa shape index (κ1) is 23.2. The van der Waals surface area contributed by atoms with Gasteiger partial charge in [0.15, 0.2) is 0 Å². The molecule has 0 N–H and O–H groups in total. The van der Waals surface area contributed by atoms with Crippen molar-refractivity contribution in [3.63, 3.8) is 0 Å². The molecule has 0 fully saturated rings. The molecule has 0 bridgehead atoms. The average molecular weight is 339 g/mol. The quantitative estimate of drug-likeness (QED) is 0.253. The van der Waals surface area contributed by atoms with Gasteiger partial charge in [-0.1, -0.05) is 78.2 Å². The Kier molecular flexibility index (Phi) is 14.1. The molecule has 0 saturated heterocycles. The highest BCUT2D eigenvalue weighted by atomic mass is 16.5. The number of hydrogen-bond acceptors (Lipinski definition) is 2. The lowest BCUT2D eigenvalue weighted by Crippen LogP contribution is -2.00. The van der Waals surface area contributed by atoms with Crippen molar-refractivity contribution in [2.75, 3.05) is 6.61 Å². The maximum Gasteiger partial charge on any atom is 0.302 e. The van der Waals surface area contributed by atoms with Gasteiger partial charge in [-0.15, -0.1) is 0 Å². The summed E-state index contributed by atoms with van der Waals surface area (Å²) in [6.45, 7) is 13.5. The van der Waals surface area contributed by atoms with Gasteiger partial charge in [0.05, 0.1) is 0 Å².